The molecule has 96 valence electrons. The van der Waals surface area contributed by atoms with E-state index in [0.29, 0.717) is 5.56 Å². The van der Waals surface area contributed by atoms with Crippen LogP contribution in [0.1, 0.15) is 5.56 Å². The van der Waals surface area contributed by atoms with Gasteiger partial charge in [0.2, 0.25) is 0 Å². The maximum absolute atomic E-state index is 8.80. The van der Waals surface area contributed by atoms with Crippen LogP contribution < -0.4 is 5.73 Å². The summed E-state index contributed by atoms with van der Waals surface area (Å²) in [5.74, 6) is 0. The molecule has 3 aromatic rings. The first kappa shape index (κ1) is 12.4. The van der Waals surface area contributed by atoms with Crippen LogP contribution in [0.25, 0.3) is 21.8 Å². The number of rotatable bonds is 2. The quantitative estimate of drug-likeness (QED) is 0.722. The van der Waals surface area contributed by atoms with Crippen LogP contribution in [-0.2, 0) is 0 Å². The summed E-state index contributed by atoms with van der Waals surface area (Å²) in [6, 6.07) is 17.2. The molecule has 0 unspecified atom stereocenters. The highest BCUT2D eigenvalue weighted by Crippen LogP contribution is 2.31. The smallest absolute Gasteiger partial charge is 0.126 e. The Balaban J connectivity index is 1.98. The van der Waals surface area contributed by atoms with Gasteiger partial charge < -0.3 is 5.73 Å². The van der Waals surface area contributed by atoms with Gasteiger partial charge in [-0.05, 0) is 24.3 Å². The summed E-state index contributed by atoms with van der Waals surface area (Å²) in [5, 5.41) is 11.7. The van der Waals surface area contributed by atoms with Gasteiger partial charge in [-0.15, -0.1) is 11.3 Å². The fourth-order valence-electron chi connectivity index (χ4n) is 1.94. The van der Waals surface area contributed by atoms with Gasteiger partial charge >= 0.3 is 0 Å². The second-order valence-electron chi connectivity index (χ2n) is 4.31. The molecule has 0 amide bonds. The van der Waals surface area contributed by atoms with Gasteiger partial charge in [-0.3, -0.25) is 0 Å². The number of nitrogen functional groups attached to an aromatic ring is 1. The highest BCUT2D eigenvalue weighted by atomic mass is 32.1. The van der Waals surface area contributed by atoms with Gasteiger partial charge in [0.25, 0.3) is 0 Å². The van der Waals surface area contributed by atoms with Crippen LogP contribution in [0.15, 0.2) is 53.9 Å². The number of anilines is 1. The molecule has 3 nitrogen and oxygen atoms in total. The molecule has 0 radical (unpaired) electrons. The van der Waals surface area contributed by atoms with Crippen molar-refractivity contribution < 1.29 is 0 Å². The molecule has 0 aliphatic heterocycles. The molecule has 0 spiro atoms. The summed E-state index contributed by atoms with van der Waals surface area (Å²) in [5.41, 5.74) is 10.2. The molecular formula is C16H11N3S. The van der Waals surface area contributed by atoms with Crippen LogP contribution in [0, 0.1) is 11.3 Å². The normalized spacial score (nSPS) is 10.2. The fraction of sp³-hybridized carbons (Fsp3) is 0. The molecule has 3 rings (SSSR count). The van der Waals surface area contributed by atoms with Crippen molar-refractivity contribution in [3.05, 3.63) is 59.5 Å². The Hall–Kier alpha value is -2.64. The van der Waals surface area contributed by atoms with E-state index in [0.717, 1.165) is 27.5 Å². The Morgan fingerprint density at radius 3 is 2.50 bits per heavy atom. The van der Waals surface area contributed by atoms with Crippen molar-refractivity contribution in [2.75, 3.05) is 5.73 Å². The molecule has 4 heteroatoms. The average Bonchev–Trinajstić information content (AvgIpc) is 2.97. The third-order valence-electron chi connectivity index (χ3n) is 3.01. The number of nitriles is 1. The fourth-order valence-corrected chi connectivity index (χ4v) is 2.81. The summed E-state index contributed by atoms with van der Waals surface area (Å²) < 4.78 is 0. The molecule has 0 fully saturated rings. The van der Waals surface area contributed by atoms with Crippen LogP contribution in [0.5, 0.6) is 0 Å². The molecule has 1 heterocycles. The standard InChI is InChI=1S/C16H11N3S/c17-9-11-5-7-12(8-6-11)15-10-20-16(19-15)13-3-1-2-4-14(13)18/h1-8,10H,18H2. The van der Waals surface area contributed by atoms with Gasteiger partial charge in [0, 0.05) is 22.2 Å². The maximum atomic E-state index is 8.80. The number of aromatic nitrogens is 1. The van der Waals surface area contributed by atoms with Gasteiger partial charge in [0.05, 0.1) is 17.3 Å². The second-order valence-corrected chi connectivity index (χ2v) is 5.17. The zero-order chi connectivity index (χ0) is 13.9. The third kappa shape index (κ3) is 2.27. The van der Waals surface area contributed by atoms with Crippen molar-refractivity contribution in [3.63, 3.8) is 0 Å². The van der Waals surface area contributed by atoms with Crippen molar-refractivity contribution in [2.24, 2.45) is 0 Å². The molecule has 0 atom stereocenters. The van der Waals surface area contributed by atoms with Crippen LogP contribution in [-0.4, -0.2) is 4.98 Å². The van der Waals surface area contributed by atoms with Gasteiger partial charge in [0.1, 0.15) is 5.01 Å². The van der Waals surface area contributed by atoms with Crippen LogP contribution >= 0.6 is 11.3 Å². The minimum absolute atomic E-state index is 0.650. The van der Waals surface area contributed by atoms with Crippen molar-refractivity contribution in [1.29, 1.82) is 5.26 Å². The lowest BCUT2D eigenvalue weighted by molar-refractivity contribution is 1.40. The Morgan fingerprint density at radius 1 is 1.05 bits per heavy atom. The van der Waals surface area contributed by atoms with Crippen molar-refractivity contribution >= 4 is 17.0 Å². The molecular weight excluding hydrogens is 266 g/mol. The molecule has 20 heavy (non-hydrogen) atoms. The molecule has 0 aliphatic carbocycles. The number of nitrogens with zero attached hydrogens (tertiary/aromatic N) is 2. The summed E-state index contributed by atoms with van der Waals surface area (Å²) in [6.07, 6.45) is 0. The minimum atomic E-state index is 0.650. The molecule has 0 saturated heterocycles. The lowest BCUT2D eigenvalue weighted by Crippen LogP contribution is -1.88. The predicted octanol–water partition coefficient (Wildman–Crippen LogP) is 3.93. The zero-order valence-corrected chi connectivity index (χ0v) is 11.4. The van der Waals surface area contributed by atoms with E-state index in [1.54, 1.807) is 23.5 Å². The van der Waals surface area contributed by atoms with E-state index in [4.69, 9.17) is 11.0 Å². The summed E-state index contributed by atoms with van der Waals surface area (Å²) in [4.78, 5) is 4.62. The molecule has 0 saturated carbocycles. The Labute approximate surface area is 121 Å². The lowest BCUT2D eigenvalue weighted by Gasteiger charge is -2.00. The summed E-state index contributed by atoms with van der Waals surface area (Å²) >= 11 is 1.57. The maximum Gasteiger partial charge on any atom is 0.126 e. The largest absolute Gasteiger partial charge is 0.398 e. The Morgan fingerprint density at radius 2 is 1.80 bits per heavy atom. The minimum Gasteiger partial charge on any atom is -0.398 e. The first-order valence-corrected chi connectivity index (χ1v) is 6.97. The number of thiazole rings is 1. The molecule has 0 bridgehead atoms. The molecule has 2 N–H and O–H groups in total. The predicted molar refractivity (Wildman–Crippen MR) is 82.1 cm³/mol. The molecule has 2 aromatic carbocycles. The Kier molecular flexibility index (Phi) is 3.20. The van der Waals surface area contributed by atoms with E-state index < -0.39 is 0 Å². The van der Waals surface area contributed by atoms with Crippen molar-refractivity contribution in [2.45, 2.75) is 0 Å². The third-order valence-corrected chi connectivity index (χ3v) is 3.88. The van der Waals surface area contributed by atoms with Gasteiger partial charge in [-0.25, -0.2) is 4.98 Å². The van der Waals surface area contributed by atoms with Crippen LogP contribution in [0.3, 0.4) is 0 Å². The second kappa shape index (κ2) is 5.16. The van der Waals surface area contributed by atoms with Crippen molar-refractivity contribution in [3.8, 4) is 27.9 Å². The van der Waals surface area contributed by atoms with E-state index in [9.17, 15) is 0 Å². The van der Waals surface area contributed by atoms with Gasteiger partial charge in [-0.1, -0.05) is 24.3 Å². The van der Waals surface area contributed by atoms with Gasteiger partial charge in [-0.2, -0.15) is 5.26 Å². The van der Waals surface area contributed by atoms with Crippen LogP contribution in [0.4, 0.5) is 5.69 Å². The van der Waals surface area contributed by atoms with E-state index in [-0.39, 0.29) is 0 Å². The first-order valence-electron chi connectivity index (χ1n) is 6.09. The van der Waals surface area contributed by atoms with Gasteiger partial charge in [0.15, 0.2) is 0 Å². The summed E-state index contributed by atoms with van der Waals surface area (Å²) in [6.45, 7) is 0. The number of nitrogens with two attached hydrogens (primary N) is 1. The highest BCUT2D eigenvalue weighted by molar-refractivity contribution is 7.13. The number of benzene rings is 2. The van der Waals surface area contributed by atoms with Crippen molar-refractivity contribution in [1.82, 2.24) is 4.98 Å². The van der Waals surface area contributed by atoms with E-state index in [1.165, 1.54) is 0 Å². The monoisotopic (exact) mass is 277 g/mol. The SMILES string of the molecule is N#Cc1ccc(-c2csc(-c3ccccc3N)n2)cc1. The number of para-hydroxylation sites is 1. The zero-order valence-electron chi connectivity index (χ0n) is 10.6. The summed E-state index contributed by atoms with van der Waals surface area (Å²) in [7, 11) is 0. The molecule has 1 aromatic heterocycles. The number of hydrogen-bond acceptors (Lipinski definition) is 4. The average molecular weight is 277 g/mol. The lowest BCUT2D eigenvalue weighted by atomic mass is 10.1. The van der Waals surface area contributed by atoms with E-state index in [1.807, 2.05) is 41.8 Å². The molecule has 0 aliphatic rings. The topological polar surface area (TPSA) is 62.7 Å². The number of hydrogen-bond donors (Lipinski definition) is 1. The Bertz CT molecular complexity index is 782. The highest BCUT2D eigenvalue weighted by Gasteiger charge is 2.08. The van der Waals surface area contributed by atoms with E-state index in [2.05, 4.69) is 11.1 Å². The van der Waals surface area contributed by atoms with E-state index >= 15 is 0 Å². The first-order chi connectivity index (χ1) is 9.78. The van der Waals surface area contributed by atoms with Crippen LogP contribution in [0.2, 0.25) is 0 Å².